The molecule has 1 aliphatic rings. The van der Waals surface area contributed by atoms with Crippen molar-refractivity contribution in [3.05, 3.63) is 101 Å². The first-order valence-corrected chi connectivity index (χ1v) is 11.4. The van der Waals surface area contributed by atoms with E-state index in [2.05, 4.69) is 23.1 Å². The van der Waals surface area contributed by atoms with E-state index in [1.165, 1.54) is 38.0 Å². The smallest absolute Gasteiger partial charge is 0.193 e. The fourth-order valence-corrected chi connectivity index (χ4v) is 4.24. The van der Waals surface area contributed by atoms with Crippen molar-refractivity contribution in [2.45, 2.75) is 13.0 Å². The average molecular weight is 474 g/mol. The van der Waals surface area contributed by atoms with Gasteiger partial charge in [0, 0.05) is 25.7 Å². The first-order chi connectivity index (χ1) is 17.0. The molecule has 0 aliphatic carbocycles. The monoisotopic (exact) mass is 473 g/mol. The van der Waals surface area contributed by atoms with Crippen LogP contribution in [0.5, 0.6) is 17.2 Å². The minimum absolute atomic E-state index is 0.0641. The first kappa shape index (κ1) is 24.2. The van der Waals surface area contributed by atoms with Gasteiger partial charge in [-0.2, -0.15) is 0 Å². The molecule has 0 atom stereocenters. The molecular formula is C29H28FNO4. The summed E-state index contributed by atoms with van der Waals surface area (Å²) in [7, 11) is 2.97. The molecule has 0 fully saturated rings. The van der Waals surface area contributed by atoms with Crippen molar-refractivity contribution in [2.24, 2.45) is 0 Å². The molecule has 0 bridgehead atoms. The van der Waals surface area contributed by atoms with Crippen molar-refractivity contribution in [3.8, 4) is 17.2 Å². The second kappa shape index (κ2) is 11.0. The van der Waals surface area contributed by atoms with Crippen LogP contribution in [0.15, 0.2) is 72.8 Å². The number of halogens is 1. The number of ether oxygens (including phenoxy) is 2. The van der Waals surface area contributed by atoms with Crippen LogP contribution in [0.25, 0.3) is 11.6 Å². The number of rotatable bonds is 8. The number of phenolic OH excluding ortho intramolecular Hbond substituents is 1. The Morgan fingerprint density at radius 1 is 1.06 bits per heavy atom. The first-order valence-electron chi connectivity index (χ1n) is 11.4. The van der Waals surface area contributed by atoms with Crippen molar-refractivity contribution in [3.63, 3.8) is 0 Å². The summed E-state index contributed by atoms with van der Waals surface area (Å²) in [6.07, 6.45) is 5.69. The number of carbonyl (C=O) groups is 1. The van der Waals surface area contributed by atoms with Crippen molar-refractivity contribution >= 4 is 17.4 Å². The van der Waals surface area contributed by atoms with Crippen LogP contribution in [-0.4, -0.2) is 43.1 Å². The van der Waals surface area contributed by atoms with E-state index in [4.69, 9.17) is 9.47 Å². The Hall–Kier alpha value is -3.90. The number of ketones is 1. The van der Waals surface area contributed by atoms with E-state index < -0.39 is 5.78 Å². The van der Waals surface area contributed by atoms with Crippen molar-refractivity contribution in [2.75, 3.05) is 27.3 Å². The molecule has 0 amide bonds. The largest absolute Gasteiger partial charge is 0.506 e. The van der Waals surface area contributed by atoms with Crippen LogP contribution in [0.1, 0.15) is 33.5 Å². The summed E-state index contributed by atoms with van der Waals surface area (Å²) in [4.78, 5) is 15.4. The van der Waals surface area contributed by atoms with Gasteiger partial charge in [0.05, 0.1) is 19.8 Å². The standard InChI is InChI=1S/C29H28FNO4/c1-34-25-18-26(35-2)28(24(32)13-10-20-8-11-23(30)12-9-20)29(33)27(25)22-14-16-31(17-15-22)19-21-6-4-3-5-7-21/h3-14,18,33H,15-17,19H2,1-2H3/b13-10+. The molecule has 180 valence electrons. The predicted molar refractivity (Wildman–Crippen MR) is 135 cm³/mol. The van der Waals surface area contributed by atoms with E-state index in [9.17, 15) is 14.3 Å². The van der Waals surface area contributed by atoms with Crippen LogP contribution in [-0.2, 0) is 6.54 Å². The maximum Gasteiger partial charge on any atom is 0.193 e. The van der Waals surface area contributed by atoms with Crippen LogP contribution in [0.4, 0.5) is 4.39 Å². The van der Waals surface area contributed by atoms with E-state index in [-0.39, 0.29) is 22.9 Å². The summed E-state index contributed by atoms with van der Waals surface area (Å²) in [5, 5.41) is 11.3. The number of allylic oxidation sites excluding steroid dienone is 1. The highest BCUT2D eigenvalue weighted by molar-refractivity contribution is 6.11. The molecule has 0 saturated carbocycles. The minimum atomic E-state index is -0.422. The summed E-state index contributed by atoms with van der Waals surface area (Å²) < 4.78 is 24.1. The molecule has 3 aromatic rings. The van der Waals surface area contributed by atoms with Gasteiger partial charge in [-0.25, -0.2) is 4.39 Å². The number of carbonyl (C=O) groups excluding carboxylic acids is 1. The second-order valence-corrected chi connectivity index (χ2v) is 8.33. The van der Waals surface area contributed by atoms with Gasteiger partial charge in [0.15, 0.2) is 5.78 Å². The highest BCUT2D eigenvalue weighted by Gasteiger charge is 2.26. The predicted octanol–water partition coefficient (Wildman–Crippen LogP) is 5.73. The molecule has 1 heterocycles. The molecule has 5 nitrogen and oxygen atoms in total. The lowest BCUT2D eigenvalue weighted by Gasteiger charge is -2.28. The summed E-state index contributed by atoms with van der Waals surface area (Å²) >= 11 is 0. The summed E-state index contributed by atoms with van der Waals surface area (Å²) in [6.45, 7) is 2.37. The van der Waals surface area contributed by atoms with Crippen LogP contribution >= 0.6 is 0 Å². The lowest BCUT2D eigenvalue weighted by atomic mass is 9.93. The van der Waals surface area contributed by atoms with Crippen LogP contribution in [0, 0.1) is 5.82 Å². The van der Waals surface area contributed by atoms with Gasteiger partial charge in [-0.15, -0.1) is 0 Å². The molecule has 35 heavy (non-hydrogen) atoms. The lowest BCUT2D eigenvalue weighted by Crippen LogP contribution is -2.28. The number of aromatic hydroxyl groups is 1. The fraction of sp³-hybridized carbons (Fsp3) is 0.207. The second-order valence-electron chi connectivity index (χ2n) is 8.33. The summed E-state index contributed by atoms with van der Waals surface area (Å²) in [5.74, 6) is -0.275. The Bertz CT molecular complexity index is 1250. The number of nitrogens with zero attached hydrogens (tertiary/aromatic N) is 1. The lowest BCUT2D eigenvalue weighted by molar-refractivity contribution is 0.104. The fourth-order valence-electron chi connectivity index (χ4n) is 4.24. The Morgan fingerprint density at radius 2 is 1.77 bits per heavy atom. The molecule has 3 aromatic carbocycles. The summed E-state index contributed by atoms with van der Waals surface area (Å²) in [5.41, 5.74) is 3.40. The van der Waals surface area contributed by atoms with Gasteiger partial charge in [-0.1, -0.05) is 54.6 Å². The zero-order chi connectivity index (χ0) is 24.8. The van der Waals surface area contributed by atoms with Crippen LogP contribution < -0.4 is 9.47 Å². The van der Waals surface area contributed by atoms with Gasteiger partial charge in [-0.3, -0.25) is 9.69 Å². The van der Waals surface area contributed by atoms with E-state index in [1.54, 1.807) is 24.3 Å². The van der Waals surface area contributed by atoms with Gasteiger partial charge in [-0.05, 0) is 41.3 Å². The highest BCUT2D eigenvalue weighted by atomic mass is 19.1. The Labute approximate surface area is 204 Å². The highest BCUT2D eigenvalue weighted by Crippen LogP contribution is 2.44. The van der Waals surface area contributed by atoms with Crippen LogP contribution in [0.3, 0.4) is 0 Å². The molecular weight excluding hydrogens is 445 g/mol. The SMILES string of the molecule is COc1cc(OC)c(C2=CCN(Cc3ccccc3)CC2)c(O)c1C(=O)/C=C/c1ccc(F)cc1. The zero-order valence-electron chi connectivity index (χ0n) is 19.8. The maximum absolute atomic E-state index is 13.2. The zero-order valence-corrected chi connectivity index (χ0v) is 19.8. The van der Waals surface area contributed by atoms with Gasteiger partial charge in [0.1, 0.15) is 28.6 Å². The Morgan fingerprint density at radius 3 is 2.40 bits per heavy atom. The van der Waals surface area contributed by atoms with Crippen molar-refractivity contribution in [1.82, 2.24) is 4.90 Å². The van der Waals surface area contributed by atoms with Crippen molar-refractivity contribution < 1.29 is 23.8 Å². The molecule has 6 heteroatoms. The van der Waals surface area contributed by atoms with Crippen LogP contribution in [0.2, 0.25) is 0 Å². The third-order valence-electron chi connectivity index (χ3n) is 6.08. The van der Waals surface area contributed by atoms with E-state index >= 15 is 0 Å². The maximum atomic E-state index is 13.2. The summed E-state index contributed by atoms with van der Waals surface area (Å²) in [6, 6.07) is 17.7. The normalized spacial score (nSPS) is 14.1. The minimum Gasteiger partial charge on any atom is -0.506 e. The average Bonchev–Trinajstić information content (AvgIpc) is 2.88. The van der Waals surface area contributed by atoms with Gasteiger partial charge in [0.25, 0.3) is 0 Å². The Kier molecular flexibility index (Phi) is 7.63. The molecule has 1 N–H and O–H groups in total. The molecule has 0 unspecified atom stereocenters. The third-order valence-corrected chi connectivity index (χ3v) is 6.08. The van der Waals surface area contributed by atoms with Gasteiger partial charge >= 0.3 is 0 Å². The van der Waals surface area contributed by atoms with E-state index in [0.29, 0.717) is 29.8 Å². The third kappa shape index (κ3) is 5.61. The number of benzene rings is 3. The number of phenols is 1. The van der Waals surface area contributed by atoms with Gasteiger partial charge in [0.2, 0.25) is 0 Å². The van der Waals surface area contributed by atoms with Crippen molar-refractivity contribution in [1.29, 1.82) is 0 Å². The Balaban J connectivity index is 1.63. The molecule has 0 aromatic heterocycles. The number of hydrogen-bond acceptors (Lipinski definition) is 5. The quantitative estimate of drug-likeness (QED) is 0.334. The molecule has 0 saturated heterocycles. The van der Waals surface area contributed by atoms with E-state index in [0.717, 1.165) is 18.7 Å². The van der Waals surface area contributed by atoms with E-state index in [1.807, 2.05) is 18.2 Å². The molecule has 0 spiro atoms. The molecule has 0 radical (unpaired) electrons. The topological polar surface area (TPSA) is 59.0 Å². The number of methoxy groups -OCH3 is 2. The molecule has 1 aliphatic heterocycles. The number of hydrogen-bond donors (Lipinski definition) is 1. The van der Waals surface area contributed by atoms with Gasteiger partial charge < -0.3 is 14.6 Å². The molecule has 4 rings (SSSR count).